The van der Waals surface area contributed by atoms with E-state index in [-0.39, 0.29) is 13.2 Å². The van der Waals surface area contributed by atoms with Gasteiger partial charge in [-0.25, -0.2) is 9.59 Å². The SMILES string of the molecule is CCCCCCCOc1ccc(C(=O)O[C@H]2CO[C@H]3[C@@H]2OC[C@H]3OC(=O)c2ccc(OCCCCCCC)cc2)cc1. The fourth-order valence-corrected chi connectivity index (χ4v) is 5.21. The van der Waals surface area contributed by atoms with Gasteiger partial charge in [0, 0.05) is 0 Å². The minimum atomic E-state index is -0.580. The van der Waals surface area contributed by atoms with Crippen molar-refractivity contribution in [3.8, 4) is 11.5 Å². The zero-order valence-electron chi connectivity index (χ0n) is 25.1. The molecule has 4 rings (SSSR count). The first kappa shape index (κ1) is 31.8. The number of carbonyl (C=O) groups excluding carboxylic acids is 2. The Morgan fingerprint density at radius 1 is 0.595 bits per heavy atom. The van der Waals surface area contributed by atoms with Crippen LogP contribution in [-0.4, -0.2) is 62.8 Å². The Hall–Kier alpha value is -3.10. The van der Waals surface area contributed by atoms with Gasteiger partial charge in [0.25, 0.3) is 0 Å². The van der Waals surface area contributed by atoms with Crippen molar-refractivity contribution in [3.05, 3.63) is 59.7 Å². The molecule has 0 unspecified atom stereocenters. The lowest BCUT2D eigenvalue weighted by molar-refractivity contribution is -0.0287. The van der Waals surface area contributed by atoms with Gasteiger partial charge in [0.1, 0.15) is 23.7 Å². The zero-order chi connectivity index (χ0) is 29.6. The van der Waals surface area contributed by atoms with Crippen molar-refractivity contribution in [2.24, 2.45) is 0 Å². The van der Waals surface area contributed by atoms with Gasteiger partial charge in [-0.2, -0.15) is 0 Å². The maximum atomic E-state index is 12.8. The molecule has 2 saturated heterocycles. The predicted molar refractivity (Wildman–Crippen MR) is 159 cm³/mol. The van der Waals surface area contributed by atoms with E-state index >= 15 is 0 Å². The van der Waals surface area contributed by atoms with Crippen LogP contribution in [0.1, 0.15) is 98.8 Å². The first-order chi connectivity index (χ1) is 20.6. The second-order valence-corrected chi connectivity index (χ2v) is 11.1. The van der Waals surface area contributed by atoms with Crippen molar-refractivity contribution >= 4 is 11.9 Å². The molecule has 2 aliphatic rings. The number of ether oxygens (including phenoxy) is 6. The third-order valence-electron chi connectivity index (χ3n) is 7.69. The van der Waals surface area contributed by atoms with Crippen LogP contribution in [0.4, 0.5) is 0 Å². The molecule has 2 heterocycles. The highest BCUT2D eigenvalue weighted by Crippen LogP contribution is 2.32. The molecule has 4 atom stereocenters. The number of hydrogen-bond donors (Lipinski definition) is 0. The number of fused-ring (bicyclic) bond motifs is 1. The zero-order valence-corrected chi connectivity index (χ0v) is 25.1. The highest BCUT2D eigenvalue weighted by molar-refractivity contribution is 5.90. The van der Waals surface area contributed by atoms with Gasteiger partial charge in [-0.1, -0.05) is 65.2 Å². The summed E-state index contributed by atoms with van der Waals surface area (Å²) < 4.78 is 34.7. The lowest BCUT2D eigenvalue weighted by Gasteiger charge is -2.17. The smallest absolute Gasteiger partial charge is 0.338 e. The van der Waals surface area contributed by atoms with Crippen LogP contribution in [0, 0.1) is 0 Å². The van der Waals surface area contributed by atoms with Gasteiger partial charge in [-0.15, -0.1) is 0 Å². The number of hydrogen-bond acceptors (Lipinski definition) is 8. The largest absolute Gasteiger partial charge is 0.494 e. The van der Waals surface area contributed by atoms with Crippen molar-refractivity contribution in [1.82, 2.24) is 0 Å². The van der Waals surface area contributed by atoms with Crippen LogP contribution in [0.25, 0.3) is 0 Å². The van der Waals surface area contributed by atoms with Crippen molar-refractivity contribution in [1.29, 1.82) is 0 Å². The molecular weight excluding hydrogens is 536 g/mol. The number of carbonyl (C=O) groups is 2. The molecule has 0 N–H and O–H groups in total. The van der Waals surface area contributed by atoms with E-state index in [1.54, 1.807) is 48.5 Å². The number of esters is 2. The molecule has 2 aromatic rings. The normalized spacial score (nSPS) is 21.1. The average Bonchev–Trinajstić information content (AvgIpc) is 3.60. The van der Waals surface area contributed by atoms with Crippen molar-refractivity contribution in [2.45, 2.75) is 102 Å². The molecule has 2 aliphatic heterocycles. The summed E-state index contributed by atoms with van der Waals surface area (Å²) in [5.74, 6) is 0.551. The van der Waals surface area contributed by atoms with E-state index in [0.717, 1.165) is 37.2 Å². The third-order valence-corrected chi connectivity index (χ3v) is 7.69. The fraction of sp³-hybridized carbons (Fsp3) is 0.588. The second-order valence-electron chi connectivity index (χ2n) is 11.1. The molecule has 0 aromatic heterocycles. The Morgan fingerprint density at radius 3 is 1.36 bits per heavy atom. The Bertz CT molecular complexity index is 996. The van der Waals surface area contributed by atoms with E-state index < -0.39 is 36.4 Å². The molecule has 2 fully saturated rings. The number of unbranched alkanes of at least 4 members (excludes halogenated alkanes) is 8. The summed E-state index contributed by atoms with van der Waals surface area (Å²) >= 11 is 0. The average molecular weight is 583 g/mol. The molecule has 0 bridgehead atoms. The Kier molecular flexibility index (Phi) is 13.0. The molecule has 0 amide bonds. The van der Waals surface area contributed by atoms with Gasteiger partial charge in [-0.05, 0) is 61.4 Å². The van der Waals surface area contributed by atoms with E-state index in [2.05, 4.69) is 13.8 Å². The van der Waals surface area contributed by atoms with Gasteiger partial charge in [0.05, 0.1) is 37.6 Å². The minimum absolute atomic E-state index is 0.179. The molecule has 230 valence electrons. The standard InChI is InChI=1S/C34H46O8/c1-3-5-7-9-11-21-37-27-17-13-25(14-18-27)33(35)41-29-23-39-32-30(24-40-31(29)32)42-34(36)26-15-19-28(20-16-26)38-22-12-10-8-6-4-2/h13-20,29-32H,3-12,21-24H2,1-2H3/t29-,30+,31-,32-/m1/s1. The van der Waals surface area contributed by atoms with Gasteiger partial charge >= 0.3 is 11.9 Å². The van der Waals surface area contributed by atoms with E-state index in [9.17, 15) is 9.59 Å². The first-order valence-corrected chi connectivity index (χ1v) is 15.7. The molecule has 0 radical (unpaired) electrons. The molecule has 8 heteroatoms. The Balaban J connectivity index is 1.18. The maximum absolute atomic E-state index is 12.8. The molecule has 0 saturated carbocycles. The molecule has 42 heavy (non-hydrogen) atoms. The summed E-state index contributed by atoms with van der Waals surface area (Å²) in [4.78, 5) is 25.6. The van der Waals surface area contributed by atoms with Crippen LogP contribution >= 0.6 is 0 Å². The first-order valence-electron chi connectivity index (χ1n) is 15.7. The van der Waals surface area contributed by atoms with Crippen LogP contribution in [0.5, 0.6) is 11.5 Å². The number of benzene rings is 2. The van der Waals surface area contributed by atoms with E-state index in [1.807, 2.05) is 0 Å². The summed E-state index contributed by atoms with van der Waals surface area (Å²) in [6.07, 6.45) is 9.63. The summed E-state index contributed by atoms with van der Waals surface area (Å²) in [5.41, 5.74) is 0.859. The minimum Gasteiger partial charge on any atom is -0.494 e. The molecular formula is C34H46O8. The van der Waals surface area contributed by atoms with Crippen LogP contribution < -0.4 is 9.47 Å². The van der Waals surface area contributed by atoms with Crippen LogP contribution in [0.15, 0.2) is 48.5 Å². The van der Waals surface area contributed by atoms with Gasteiger partial charge in [-0.3, -0.25) is 0 Å². The Labute approximate surface area is 250 Å². The summed E-state index contributed by atoms with van der Waals surface area (Å²) in [6.45, 7) is 6.09. The summed E-state index contributed by atoms with van der Waals surface area (Å²) in [7, 11) is 0. The summed E-state index contributed by atoms with van der Waals surface area (Å²) in [6, 6.07) is 13.9. The third kappa shape index (κ3) is 9.46. The van der Waals surface area contributed by atoms with E-state index in [1.165, 1.54) is 38.5 Å². The van der Waals surface area contributed by atoms with Crippen LogP contribution in [0.3, 0.4) is 0 Å². The second kappa shape index (κ2) is 17.1. The maximum Gasteiger partial charge on any atom is 0.338 e. The van der Waals surface area contributed by atoms with E-state index in [0.29, 0.717) is 24.3 Å². The van der Waals surface area contributed by atoms with Crippen LogP contribution in [-0.2, 0) is 18.9 Å². The van der Waals surface area contributed by atoms with Gasteiger partial charge < -0.3 is 28.4 Å². The van der Waals surface area contributed by atoms with Crippen molar-refractivity contribution < 1.29 is 38.0 Å². The highest BCUT2D eigenvalue weighted by atomic mass is 16.7. The summed E-state index contributed by atoms with van der Waals surface area (Å²) in [5, 5.41) is 0. The van der Waals surface area contributed by atoms with E-state index in [4.69, 9.17) is 28.4 Å². The predicted octanol–water partition coefficient (Wildman–Crippen LogP) is 6.93. The highest BCUT2D eigenvalue weighted by Gasteiger charge is 2.51. The lowest BCUT2D eigenvalue weighted by atomic mass is 10.1. The lowest BCUT2D eigenvalue weighted by Crippen LogP contribution is -2.36. The van der Waals surface area contributed by atoms with Crippen molar-refractivity contribution in [3.63, 3.8) is 0 Å². The number of rotatable bonds is 18. The quantitative estimate of drug-likeness (QED) is 0.138. The molecule has 0 aliphatic carbocycles. The molecule has 8 nitrogen and oxygen atoms in total. The molecule has 2 aromatic carbocycles. The fourth-order valence-electron chi connectivity index (χ4n) is 5.21. The monoisotopic (exact) mass is 582 g/mol. The molecule has 0 spiro atoms. The van der Waals surface area contributed by atoms with Gasteiger partial charge in [0.15, 0.2) is 12.2 Å². The van der Waals surface area contributed by atoms with Crippen LogP contribution in [0.2, 0.25) is 0 Å². The van der Waals surface area contributed by atoms with Gasteiger partial charge in [0.2, 0.25) is 0 Å². The Morgan fingerprint density at radius 2 is 0.976 bits per heavy atom. The topological polar surface area (TPSA) is 89.5 Å². The van der Waals surface area contributed by atoms with Crippen molar-refractivity contribution in [2.75, 3.05) is 26.4 Å².